The summed E-state index contributed by atoms with van der Waals surface area (Å²) in [6.45, 7) is 1.58. The number of nitro benzene ring substituents is 1. The Morgan fingerprint density at radius 1 is 1.38 bits per heavy atom. The second-order valence-electron chi connectivity index (χ2n) is 4.05. The number of ether oxygens (including phenoxy) is 1. The third kappa shape index (κ3) is 3.99. The molecule has 0 radical (unpaired) electrons. The molecule has 0 saturated heterocycles. The molecule has 0 saturated carbocycles. The van der Waals surface area contributed by atoms with Crippen LogP contribution in [0, 0.1) is 10.1 Å². The van der Waals surface area contributed by atoms with Gasteiger partial charge in [0, 0.05) is 19.2 Å². The lowest BCUT2D eigenvalue weighted by molar-refractivity contribution is -0.387. The predicted molar refractivity (Wildman–Crippen MR) is 74.2 cm³/mol. The maximum absolute atomic E-state index is 12.5. The smallest absolute Gasteiger partial charge is 0.306 e. The van der Waals surface area contributed by atoms with Crippen LogP contribution in [0.2, 0.25) is 0 Å². The highest BCUT2D eigenvalue weighted by atomic mass is 32.2. The van der Waals surface area contributed by atoms with Crippen molar-refractivity contribution < 1.29 is 22.9 Å². The number of carbonyl (C=O) groups is 1. The number of esters is 1. The van der Waals surface area contributed by atoms with Crippen LogP contribution < -0.4 is 0 Å². The number of nitro groups is 1. The number of para-hydroxylation sites is 1. The van der Waals surface area contributed by atoms with Crippen LogP contribution in [0.15, 0.2) is 29.2 Å². The lowest BCUT2D eigenvalue weighted by atomic mass is 10.3. The van der Waals surface area contributed by atoms with Gasteiger partial charge < -0.3 is 4.74 Å². The molecule has 0 aromatic heterocycles. The number of carbonyl (C=O) groups excluding carboxylic acids is 1. The average molecular weight is 316 g/mol. The summed E-state index contributed by atoms with van der Waals surface area (Å²) in [6, 6.07) is 5.10. The Balaban J connectivity index is 3.13. The van der Waals surface area contributed by atoms with Crippen molar-refractivity contribution in [2.45, 2.75) is 18.2 Å². The van der Waals surface area contributed by atoms with Gasteiger partial charge in [0.25, 0.3) is 5.69 Å². The molecule has 116 valence electrons. The summed E-state index contributed by atoms with van der Waals surface area (Å²) in [7, 11) is -2.84. The number of methoxy groups -OCH3 is 1. The van der Waals surface area contributed by atoms with E-state index in [1.807, 2.05) is 0 Å². The Morgan fingerprint density at radius 2 is 2.00 bits per heavy atom. The number of rotatable bonds is 7. The molecular weight excluding hydrogens is 300 g/mol. The summed E-state index contributed by atoms with van der Waals surface area (Å²) in [5.41, 5.74) is -0.492. The highest BCUT2D eigenvalue weighted by molar-refractivity contribution is 7.89. The largest absolute Gasteiger partial charge is 0.469 e. The Bertz CT molecular complexity index is 628. The first-order chi connectivity index (χ1) is 9.84. The molecule has 0 bridgehead atoms. The fourth-order valence-corrected chi connectivity index (χ4v) is 3.34. The summed E-state index contributed by atoms with van der Waals surface area (Å²) in [6.07, 6.45) is -0.121. The van der Waals surface area contributed by atoms with Gasteiger partial charge in [-0.1, -0.05) is 19.1 Å². The Labute approximate surface area is 122 Å². The number of sulfonamides is 1. The molecule has 0 heterocycles. The van der Waals surface area contributed by atoms with Crippen LogP contribution >= 0.6 is 0 Å². The van der Waals surface area contributed by atoms with E-state index >= 15 is 0 Å². The third-order valence-electron chi connectivity index (χ3n) is 2.83. The van der Waals surface area contributed by atoms with Crippen molar-refractivity contribution in [2.75, 3.05) is 20.2 Å². The van der Waals surface area contributed by atoms with Crippen LogP contribution in [-0.4, -0.2) is 43.8 Å². The normalized spacial score (nSPS) is 11.4. The van der Waals surface area contributed by atoms with E-state index in [1.165, 1.54) is 25.3 Å². The van der Waals surface area contributed by atoms with Crippen LogP contribution in [0.1, 0.15) is 13.3 Å². The second kappa shape index (κ2) is 7.14. The van der Waals surface area contributed by atoms with Gasteiger partial charge in [0.1, 0.15) is 0 Å². The molecule has 0 aliphatic rings. The first-order valence-electron chi connectivity index (χ1n) is 6.15. The van der Waals surface area contributed by atoms with E-state index in [9.17, 15) is 23.3 Å². The Morgan fingerprint density at radius 3 is 2.52 bits per heavy atom. The SMILES string of the molecule is CCN(CCC(=O)OC)S(=O)(=O)c1ccccc1[N+](=O)[O-]. The molecule has 1 aromatic rings. The number of benzene rings is 1. The summed E-state index contributed by atoms with van der Waals surface area (Å²) < 4.78 is 30.4. The molecule has 0 N–H and O–H groups in total. The molecule has 0 fully saturated rings. The van der Waals surface area contributed by atoms with Crippen molar-refractivity contribution in [3.8, 4) is 0 Å². The van der Waals surface area contributed by atoms with Gasteiger partial charge in [-0.05, 0) is 6.07 Å². The molecule has 0 unspecified atom stereocenters. The number of hydrogen-bond acceptors (Lipinski definition) is 6. The van der Waals surface area contributed by atoms with Crippen molar-refractivity contribution in [3.63, 3.8) is 0 Å². The van der Waals surface area contributed by atoms with Gasteiger partial charge >= 0.3 is 5.97 Å². The quantitative estimate of drug-likeness (QED) is 0.424. The zero-order chi connectivity index (χ0) is 16.0. The lowest BCUT2D eigenvalue weighted by Crippen LogP contribution is -2.33. The molecule has 0 atom stereocenters. The second-order valence-corrected chi connectivity index (χ2v) is 5.95. The first kappa shape index (κ1) is 17.1. The molecule has 0 aliphatic carbocycles. The fourth-order valence-electron chi connectivity index (χ4n) is 1.73. The Hall–Kier alpha value is -2.00. The topological polar surface area (TPSA) is 107 Å². The van der Waals surface area contributed by atoms with Gasteiger partial charge in [-0.25, -0.2) is 8.42 Å². The van der Waals surface area contributed by atoms with Crippen molar-refractivity contribution in [2.24, 2.45) is 0 Å². The summed E-state index contributed by atoms with van der Waals surface area (Å²) >= 11 is 0. The van der Waals surface area contributed by atoms with Crippen LogP contribution in [0.4, 0.5) is 5.69 Å². The summed E-state index contributed by atoms with van der Waals surface area (Å²) in [5, 5.41) is 10.9. The van der Waals surface area contributed by atoms with Gasteiger partial charge in [-0.3, -0.25) is 14.9 Å². The number of nitrogens with zero attached hydrogens (tertiary/aromatic N) is 2. The van der Waals surface area contributed by atoms with Gasteiger partial charge in [-0.2, -0.15) is 4.31 Å². The average Bonchev–Trinajstić information content (AvgIpc) is 2.47. The molecule has 1 rings (SSSR count). The van der Waals surface area contributed by atoms with E-state index in [0.29, 0.717) is 0 Å². The maximum Gasteiger partial charge on any atom is 0.306 e. The molecule has 21 heavy (non-hydrogen) atoms. The van der Waals surface area contributed by atoms with Crippen molar-refractivity contribution in [1.82, 2.24) is 4.31 Å². The fraction of sp³-hybridized carbons (Fsp3) is 0.417. The van der Waals surface area contributed by atoms with Gasteiger partial charge in [-0.15, -0.1) is 0 Å². The standard InChI is InChI=1S/C12H16N2O6S/c1-3-13(9-8-12(15)20-2)21(18,19)11-7-5-4-6-10(11)14(16)17/h4-7H,3,8-9H2,1-2H3. The van der Waals surface area contributed by atoms with E-state index in [1.54, 1.807) is 6.92 Å². The van der Waals surface area contributed by atoms with E-state index in [0.717, 1.165) is 10.4 Å². The monoisotopic (exact) mass is 316 g/mol. The van der Waals surface area contributed by atoms with E-state index in [4.69, 9.17) is 0 Å². The van der Waals surface area contributed by atoms with Crippen LogP contribution in [0.5, 0.6) is 0 Å². The molecule has 0 amide bonds. The van der Waals surface area contributed by atoms with Crippen molar-refractivity contribution >= 4 is 21.7 Å². The minimum Gasteiger partial charge on any atom is -0.469 e. The summed E-state index contributed by atoms with van der Waals surface area (Å²) in [5.74, 6) is -0.550. The van der Waals surface area contributed by atoms with Crippen LogP contribution in [0.25, 0.3) is 0 Å². The molecule has 1 aromatic carbocycles. The zero-order valence-electron chi connectivity index (χ0n) is 11.7. The van der Waals surface area contributed by atoms with Crippen molar-refractivity contribution in [3.05, 3.63) is 34.4 Å². The van der Waals surface area contributed by atoms with Gasteiger partial charge in [0.15, 0.2) is 4.90 Å². The van der Waals surface area contributed by atoms with E-state index < -0.39 is 26.6 Å². The third-order valence-corrected chi connectivity index (χ3v) is 4.85. The van der Waals surface area contributed by atoms with E-state index in [-0.39, 0.29) is 24.4 Å². The van der Waals surface area contributed by atoms with Crippen molar-refractivity contribution in [1.29, 1.82) is 0 Å². The van der Waals surface area contributed by atoms with E-state index in [2.05, 4.69) is 4.74 Å². The molecule has 9 heteroatoms. The minimum atomic E-state index is -4.05. The molecule has 0 spiro atoms. The van der Waals surface area contributed by atoms with Gasteiger partial charge in [0.05, 0.1) is 18.5 Å². The predicted octanol–water partition coefficient (Wildman–Crippen LogP) is 1.17. The highest BCUT2D eigenvalue weighted by Gasteiger charge is 2.30. The minimum absolute atomic E-state index is 0.0887. The zero-order valence-corrected chi connectivity index (χ0v) is 12.5. The number of hydrogen-bond donors (Lipinski definition) is 0. The Kier molecular flexibility index (Phi) is 5.79. The maximum atomic E-state index is 12.5. The van der Waals surface area contributed by atoms with Crippen LogP contribution in [-0.2, 0) is 19.6 Å². The lowest BCUT2D eigenvalue weighted by Gasteiger charge is -2.19. The molecule has 8 nitrogen and oxygen atoms in total. The summed E-state index contributed by atoms with van der Waals surface area (Å²) in [4.78, 5) is 20.9. The van der Waals surface area contributed by atoms with Crippen LogP contribution in [0.3, 0.4) is 0 Å². The molecular formula is C12H16N2O6S. The molecule has 0 aliphatic heterocycles. The highest BCUT2D eigenvalue weighted by Crippen LogP contribution is 2.26. The van der Waals surface area contributed by atoms with Gasteiger partial charge in [0.2, 0.25) is 10.0 Å². The first-order valence-corrected chi connectivity index (χ1v) is 7.59.